The van der Waals surface area contributed by atoms with Crippen molar-refractivity contribution in [3.63, 3.8) is 0 Å². The second kappa shape index (κ2) is 5.29. The van der Waals surface area contributed by atoms with Gasteiger partial charge in [0.25, 0.3) is 0 Å². The van der Waals surface area contributed by atoms with Gasteiger partial charge in [-0.25, -0.2) is 0 Å². The van der Waals surface area contributed by atoms with Crippen molar-refractivity contribution in [1.29, 1.82) is 5.26 Å². The highest BCUT2D eigenvalue weighted by molar-refractivity contribution is 5.99. The Morgan fingerprint density at radius 3 is 2.67 bits per heavy atom. The molecule has 2 aromatic carbocycles. The molecule has 1 N–H and O–H groups in total. The van der Waals surface area contributed by atoms with Gasteiger partial charge in [0.1, 0.15) is 6.07 Å². The first-order chi connectivity index (χ1) is 10.2. The quantitative estimate of drug-likeness (QED) is 0.869. The number of hydrogen-bond donors (Lipinski definition) is 1. The van der Waals surface area contributed by atoms with Gasteiger partial charge in [-0.3, -0.25) is 4.79 Å². The van der Waals surface area contributed by atoms with Gasteiger partial charge in [0.05, 0.1) is 16.9 Å². The zero-order chi connectivity index (χ0) is 14.8. The molecule has 2 aromatic rings. The Labute approximate surface area is 123 Å². The predicted molar refractivity (Wildman–Crippen MR) is 82.6 cm³/mol. The summed E-state index contributed by atoms with van der Waals surface area (Å²) in [4.78, 5) is 14.0. The third-order valence-corrected chi connectivity index (χ3v) is 3.63. The normalized spacial score (nSPS) is 13.9. The Hall–Kier alpha value is -2.80. The van der Waals surface area contributed by atoms with Crippen LogP contribution in [0.25, 0.3) is 0 Å². The fraction of sp³-hybridized carbons (Fsp3) is 0.176. The van der Waals surface area contributed by atoms with Gasteiger partial charge in [-0.2, -0.15) is 5.26 Å². The largest absolute Gasteiger partial charge is 0.339 e. The van der Waals surface area contributed by atoms with Crippen LogP contribution < -0.4 is 10.2 Å². The van der Waals surface area contributed by atoms with Gasteiger partial charge in [0.15, 0.2) is 0 Å². The van der Waals surface area contributed by atoms with Crippen LogP contribution in [0.1, 0.15) is 17.5 Å². The van der Waals surface area contributed by atoms with Gasteiger partial charge >= 0.3 is 0 Å². The van der Waals surface area contributed by atoms with Crippen molar-refractivity contribution in [3.05, 3.63) is 53.6 Å². The maximum absolute atomic E-state index is 11.9. The van der Waals surface area contributed by atoms with Crippen LogP contribution in [0.4, 0.5) is 17.1 Å². The molecule has 104 valence electrons. The number of para-hydroxylation sites is 1. The summed E-state index contributed by atoms with van der Waals surface area (Å²) in [5, 5.41) is 12.1. The standard InChI is InChI=1S/C17H15N3O/c1-12-5-7-14(8-6-12)20-10-9-16(21)19-17-13(11-18)3-2-4-15(17)20/h2-8H,9-10H2,1H3,(H,19,21). The Balaban J connectivity index is 2.14. The second-order valence-electron chi connectivity index (χ2n) is 5.10. The number of carbonyl (C=O) groups is 1. The van der Waals surface area contributed by atoms with E-state index in [1.54, 1.807) is 6.07 Å². The summed E-state index contributed by atoms with van der Waals surface area (Å²) in [6.07, 6.45) is 0.396. The van der Waals surface area contributed by atoms with Crippen molar-refractivity contribution in [2.75, 3.05) is 16.8 Å². The molecule has 1 heterocycles. The third-order valence-electron chi connectivity index (χ3n) is 3.63. The van der Waals surface area contributed by atoms with Crippen molar-refractivity contribution < 1.29 is 4.79 Å². The minimum absolute atomic E-state index is 0.0615. The van der Waals surface area contributed by atoms with E-state index in [2.05, 4.69) is 16.3 Å². The number of fused-ring (bicyclic) bond motifs is 1. The van der Waals surface area contributed by atoms with E-state index in [0.29, 0.717) is 24.2 Å². The van der Waals surface area contributed by atoms with Gasteiger partial charge < -0.3 is 10.2 Å². The van der Waals surface area contributed by atoms with E-state index in [0.717, 1.165) is 11.4 Å². The summed E-state index contributed by atoms with van der Waals surface area (Å²) in [7, 11) is 0. The number of anilines is 3. The van der Waals surface area contributed by atoms with E-state index in [4.69, 9.17) is 0 Å². The molecule has 4 heteroatoms. The lowest BCUT2D eigenvalue weighted by Gasteiger charge is -2.24. The second-order valence-corrected chi connectivity index (χ2v) is 5.10. The van der Waals surface area contributed by atoms with E-state index >= 15 is 0 Å². The fourth-order valence-corrected chi connectivity index (χ4v) is 2.52. The molecule has 1 aliphatic heterocycles. The summed E-state index contributed by atoms with van der Waals surface area (Å²) in [5.41, 5.74) is 4.16. The van der Waals surface area contributed by atoms with Crippen LogP contribution in [0, 0.1) is 18.3 Å². The van der Waals surface area contributed by atoms with Crippen LogP contribution in [0.15, 0.2) is 42.5 Å². The van der Waals surface area contributed by atoms with Gasteiger partial charge in [-0.05, 0) is 31.2 Å². The summed E-state index contributed by atoms with van der Waals surface area (Å²) in [5.74, 6) is -0.0615. The van der Waals surface area contributed by atoms with Crippen molar-refractivity contribution in [2.45, 2.75) is 13.3 Å². The molecular formula is C17H15N3O. The monoisotopic (exact) mass is 277 g/mol. The first-order valence-electron chi connectivity index (χ1n) is 6.86. The number of nitrogens with zero attached hydrogens (tertiary/aromatic N) is 2. The van der Waals surface area contributed by atoms with Crippen molar-refractivity contribution in [1.82, 2.24) is 0 Å². The van der Waals surface area contributed by atoms with Crippen LogP contribution in [-0.2, 0) is 4.79 Å². The van der Waals surface area contributed by atoms with E-state index < -0.39 is 0 Å². The lowest BCUT2D eigenvalue weighted by molar-refractivity contribution is -0.115. The van der Waals surface area contributed by atoms with Crippen molar-refractivity contribution in [2.24, 2.45) is 0 Å². The molecule has 0 saturated heterocycles. The smallest absolute Gasteiger partial charge is 0.226 e. The Morgan fingerprint density at radius 2 is 1.95 bits per heavy atom. The zero-order valence-corrected chi connectivity index (χ0v) is 11.8. The maximum atomic E-state index is 11.9. The Kier molecular flexibility index (Phi) is 3.33. The minimum atomic E-state index is -0.0615. The van der Waals surface area contributed by atoms with Gasteiger partial charge in [-0.15, -0.1) is 0 Å². The predicted octanol–water partition coefficient (Wildman–Crippen LogP) is 3.35. The Bertz CT molecular complexity index is 729. The first-order valence-corrected chi connectivity index (χ1v) is 6.86. The Morgan fingerprint density at radius 1 is 1.19 bits per heavy atom. The molecule has 0 spiro atoms. The topological polar surface area (TPSA) is 56.1 Å². The third kappa shape index (κ3) is 2.46. The molecule has 0 bridgehead atoms. The minimum Gasteiger partial charge on any atom is -0.339 e. The lowest BCUT2D eigenvalue weighted by Crippen LogP contribution is -2.18. The van der Waals surface area contributed by atoms with Crippen molar-refractivity contribution in [3.8, 4) is 6.07 Å². The number of carbonyl (C=O) groups excluding carboxylic acids is 1. The molecule has 0 fully saturated rings. The number of rotatable bonds is 1. The van der Waals surface area contributed by atoms with E-state index in [9.17, 15) is 10.1 Å². The molecule has 0 aliphatic carbocycles. The molecule has 0 atom stereocenters. The molecule has 4 nitrogen and oxygen atoms in total. The number of nitrogens with one attached hydrogen (secondary N) is 1. The number of nitriles is 1. The van der Waals surface area contributed by atoms with Crippen LogP contribution in [-0.4, -0.2) is 12.5 Å². The average Bonchev–Trinajstić information content (AvgIpc) is 2.66. The van der Waals surface area contributed by atoms with E-state index in [1.807, 2.05) is 43.3 Å². The molecule has 0 aromatic heterocycles. The highest BCUT2D eigenvalue weighted by Gasteiger charge is 2.22. The van der Waals surface area contributed by atoms with Crippen LogP contribution in [0.2, 0.25) is 0 Å². The molecule has 0 radical (unpaired) electrons. The number of benzene rings is 2. The van der Waals surface area contributed by atoms with E-state index in [1.165, 1.54) is 5.56 Å². The molecular weight excluding hydrogens is 262 g/mol. The summed E-state index contributed by atoms with van der Waals surface area (Å²) >= 11 is 0. The van der Waals surface area contributed by atoms with Crippen LogP contribution in [0.5, 0.6) is 0 Å². The summed E-state index contributed by atoms with van der Waals surface area (Å²) < 4.78 is 0. The summed E-state index contributed by atoms with van der Waals surface area (Å²) in [6.45, 7) is 2.63. The lowest BCUT2D eigenvalue weighted by atomic mass is 10.1. The highest BCUT2D eigenvalue weighted by Crippen LogP contribution is 2.36. The molecule has 0 unspecified atom stereocenters. The average molecular weight is 277 g/mol. The number of aryl methyl sites for hydroxylation is 1. The molecule has 0 saturated carbocycles. The SMILES string of the molecule is Cc1ccc(N2CCC(=O)Nc3c(C#N)cccc32)cc1. The summed E-state index contributed by atoms with van der Waals surface area (Å²) in [6, 6.07) is 15.8. The van der Waals surface area contributed by atoms with Gasteiger partial charge in [-0.1, -0.05) is 23.8 Å². The maximum Gasteiger partial charge on any atom is 0.226 e. The molecule has 21 heavy (non-hydrogen) atoms. The highest BCUT2D eigenvalue weighted by atomic mass is 16.1. The van der Waals surface area contributed by atoms with Crippen molar-refractivity contribution >= 4 is 23.0 Å². The van der Waals surface area contributed by atoms with Gasteiger partial charge in [0, 0.05) is 18.7 Å². The number of hydrogen-bond acceptors (Lipinski definition) is 3. The zero-order valence-electron chi connectivity index (χ0n) is 11.8. The molecule has 1 aliphatic rings. The van der Waals surface area contributed by atoms with Crippen LogP contribution in [0.3, 0.4) is 0 Å². The number of amides is 1. The first kappa shape index (κ1) is 13.2. The van der Waals surface area contributed by atoms with Gasteiger partial charge in [0.2, 0.25) is 5.91 Å². The molecule has 1 amide bonds. The van der Waals surface area contributed by atoms with E-state index in [-0.39, 0.29) is 5.91 Å². The van der Waals surface area contributed by atoms with Crippen LogP contribution >= 0.6 is 0 Å². The fourth-order valence-electron chi connectivity index (χ4n) is 2.52. The molecule has 3 rings (SSSR count).